The van der Waals surface area contributed by atoms with E-state index in [2.05, 4.69) is 0 Å². The van der Waals surface area contributed by atoms with Gasteiger partial charge in [0.15, 0.2) is 6.29 Å². The Morgan fingerprint density at radius 1 is 1.39 bits per heavy atom. The van der Waals surface area contributed by atoms with Crippen molar-refractivity contribution in [3.8, 4) is 5.75 Å². The molecule has 1 unspecified atom stereocenters. The number of nitrogens with two attached hydrogens (primary N) is 1. The van der Waals surface area contributed by atoms with Crippen molar-refractivity contribution < 1.29 is 19.4 Å². The van der Waals surface area contributed by atoms with Gasteiger partial charge in [0.25, 0.3) is 0 Å². The summed E-state index contributed by atoms with van der Waals surface area (Å²) in [4.78, 5) is 10.7. The van der Waals surface area contributed by atoms with E-state index in [0.29, 0.717) is 11.3 Å². The first-order valence-electron chi connectivity index (χ1n) is 6.03. The Labute approximate surface area is 106 Å². The first kappa shape index (κ1) is 12.9. The maximum absolute atomic E-state index is 10.7. The number of carbonyl (C=O) groups is 1. The van der Waals surface area contributed by atoms with Crippen molar-refractivity contribution in [2.24, 2.45) is 5.73 Å². The standard InChI is InChI=1S/C13H17NO4/c14-12(13(15)16)9-4-6-10(7-5-9)18-11-3-1-2-8-17-11/h4-7,11-12H,1-3,8,14H2,(H,15,16)/t11?,12-/m1/s1. The average molecular weight is 251 g/mol. The molecule has 5 nitrogen and oxygen atoms in total. The summed E-state index contributed by atoms with van der Waals surface area (Å²) in [7, 11) is 0. The highest BCUT2D eigenvalue weighted by atomic mass is 16.7. The molecule has 0 amide bonds. The zero-order chi connectivity index (χ0) is 13.0. The van der Waals surface area contributed by atoms with Crippen LogP contribution in [-0.4, -0.2) is 24.0 Å². The molecule has 1 aromatic carbocycles. The molecule has 0 radical (unpaired) electrons. The summed E-state index contributed by atoms with van der Waals surface area (Å²) in [5, 5.41) is 8.79. The van der Waals surface area contributed by atoms with Gasteiger partial charge in [0.05, 0.1) is 6.61 Å². The molecule has 0 saturated carbocycles. The Morgan fingerprint density at radius 3 is 2.67 bits per heavy atom. The van der Waals surface area contributed by atoms with Gasteiger partial charge >= 0.3 is 5.97 Å². The van der Waals surface area contributed by atoms with Crippen LogP contribution in [0.1, 0.15) is 30.9 Å². The maximum atomic E-state index is 10.7. The molecule has 5 heteroatoms. The van der Waals surface area contributed by atoms with Gasteiger partial charge in [-0.2, -0.15) is 0 Å². The fourth-order valence-electron chi connectivity index (χ4n) is 1.85. The molecule has 2 atom stereocenters. The first-order valence-corrected chi connectivity index (χ1v) is 6.03. The number of carboxylic acids is 1. The number of benzene rings is 1. The maximum Gasteiger partial charge on any atom is 0.325 e. The van der Waals surface area contributed by atoms with Gasteiger partial charge in [-0.3, -0.25) is 4.79 Å². The lowest BCUT2D eigenvalue weighted by Gasteiger charge is -2.23. The van der Waals surface area contributed by atoms with Crippen LogP contribution in [0.25, 0.3) is 0 Å². The number of aliphatic carboxylic acids is 1. The minimum Gasteiger partial charge on any atom is -0.480 e. The van der Waals surface area contributed by atoms with E-state index in [1.54, 1.807) is 24.3 Å². The average Bonchev–Trinajstić information content (AvgIpc) is 2.40. The molecule has 1 heterocycles. The fourth-order valence-corrected chi connectivity index (χ4v) is 1.85. The molecular formula is C13H17NO4. The van der Waals surface area contributed by atoms with Crippen molar-refractivity contribution in [2.75, 3.05) is 6.61 Å². The van der Waals surface area contributed by atoms with E-state index in [1.165, 1.54) is 0 Å². The fraction of sp³-hybridized carbons (Fsp3) is 0.462. The molecule has 1 fully saturated rings. The van der Waals surface area contributed by atoms with Gasteiger partial charge in [0.2, 0.25) is 0 Å². The van der Waals surface area contributed by atoms with Crippen LogP contribution in [0.3, 0.4) is 0 Å². The van der Waals surface area contributed by atoms with Gasteiger partial charge in [0, 0.05) is 6.42 Å². The number of hydrogen-bond acceptors (Lipinski definition) is 4. The lowest BCUT2D eigenvalue weighted by molar-refractivity contribution is -0.138. The molecule has 0 bridgehead atoms. The Kier molecular flexibility index (Phi) is 4.17. The van der Waals surface area contributed by atoms with E-state index < -0.39 is 12.0 Å². The van der Waals surface area contributed by atoms with Crippen LogP contribution in [0, 0.1) is 0 Å². The topological polar surface area (TPSA) is 81.8 Å². The summed E-state index contributed by atoms with van der Waals surface area (Å²) < 4.78 is 11.1. The quantitative estimate of drug-likeness (QED) is 0.850. The molecule has 0 aliphatic carbocycles. The van der Waals surface area contributed by atoms with Crippen molar-refractivity contribution in [3.63, 3.8) is 0 Å². The monoisotopic (exact) mass is 251 g/mol. The summed E-state index contributed by atoms with van der Waals surface area (Å²) >= 11 is 0. The third kappa shape index (κ3) is 3.21. The summed E-state index contributed by atoms with van der Waals surface area (Å²) in [6.45, 7) is 0.729. The van der Waals surface area contributed by atoms with Gasteiger partial charge in [-0.1, -0.05) is 12.1 Å². The molecule has 18 heavy (non-hydrogen) atoms. The van der Waals surface area contributed by atoms with Crippen LogP contribution in [-0.2, 0) is 9.53 Å². The van der Waals surface area contributed by atoms with Crippen molar-refractivity contribution in [3.05, 3.63) is 29.8 Å². The van der Waals surface area contributed by atoms with E-state index in [1.807, 2.05) is 0 Å². The Hall–Kier alpha value is -1.59. The largest absolute Gasteiger partial charge is 0.480 e. The van der Waals surface area contributed by atoms with Gasteiger partial charge in [-0.25, -0.2) is 0 Å². The number of rotatable bonds is 4. The third-order valence-electron chi connectivity index (χ3n) is 2.91. The Morgan fingerprint density at radius 2 is 2.11 bits per heavy atom. The SMILES string of the molecule is N[C@@H](C(=O)O)c1ccc(OC2CCCCO2)cc1. The molecule has 2 rings (SSSR count). The highest BCUT2D eigenvalue weighted by Gasteiger charge is 2.16. The second kappa shape index (κ2) is 5.84. The minimum atomic E-state index is -1.04. The molecule has 0 aromatic heterocycles. The van der Waals surface area contributed by atoms with Crippen molar-refractivity contribution >= 4 is 5.97 Å². The van der Waals surface area contributed by atoms with Gasteiger partial charge in [-0.15, -0.1) is 0 Å². The molecule has 3 N–H and O–H groups in total. The third-order valence-corrected chi connectivity index (χ3v) is 2.91. The van der Waals surface area contributed by atoms with E-state index in [0.717, 1.165) is 25.9 Å². The van der Waals surface area contributed by atoms with Crippen LogP contribution < -0.4 is 10.5 Å². The van der Waals surface area contributed by atoms with E-state index in [9.17, 15) is 4.79 Å². The molecule has 1 saturated heterocycles. The molecule has 1 aromatic rings. The van der Waals surface area contributed by atoms with Gasteiger partial charge in [0.1, 0.15) is 11.8 Å². The van der Waals surface area contributed by atoms with Gasteiger partial charge < -0.3 is 20.3 Å². The molecule has 1 aliphatic heterocycles. The highest BCUT2D eigenvalue weighted by Crippen LogP contribution is 2.21. The number of ether oxygens (including phenoxy) is 2. The Balaban J connectivity index is 1.96. The lowest BCUT2D eigenvalue weighted by atomic mass is 10.1. The predicted octanol–water partition coefficient (Wildman–Crippen LogP) is 1.68. The molecular weight excluding hydrogens is 234 g/mol. The smallest absolute Gasteiger partial charge is 0.325 e. The summed E-state index contributed by atoms with van der Waals surface area (Å²) in [6, 6.07) is 5.77. The second-order valence-electron chi connectivity index (χ2n) is 4.30. The van der Waals surface area contributed by atoms with Crippen LogP contribution in [0.5, 0.6) is 5.75 Å². The van der Waals surface area contributed by atoms with E-state index in [-0.39, 0.29) is 6.29 Å². The van der Waals surface area contributed by atoms with Crippen molar-refractivity contribution in [1.29, 1.82) is 0 Å². The van der Waals surface area contributed by atoms with Crippen LogP contribution in [0.15, 0.2) is 24.3 Å². The highest BCUT2D eigenvalue weighted by molar-refractivity contribution is 5.75. The zero-order valence-corrected chi connectivity index (χ0v) is 10.0. The second-order valence-corrected chi connectivity index (χ2v) is 4.30. The number of hydrogen-bond donors (Lipinski definition) is 2. The van der Waals surface area contributed by atoms with Gasteiger partial charge in [-0.05, 0) is 30.5 Å². The molecule has 98 valence electrons. The van der Waals surface area contributed by atoms with Crippen LogP contribution in [0.4, 0.5) is 0 Å². The lowest BCUT2D eigenvalue weighted by Crippen LogP contribution is -2.25. The normalized spacial score (nSPS) is 21.3. The molecule has 0 spiro atoms. The minimum absolute atomic E-state index is 0.197. The van der Waals surface area contributed by atoms with Crippen molar-refractivity contribution in [2.45, 2.75) is 31.6 Å². The predicted molar refractivity (Wildman–Crippen MR) is 65.2 cm³/mol. The molecule has 1 aliphatic rings. The van der Waals surface area contributed by atoms with Crippen LogP contribution in [0.2, 0.25) is 0 Å². The van der Waals surface area contributed by atoms with Crippen LogP contribution >= 0.6 is 0 Å². The first-order chi connectivity index (χ1) is 8.66. The van der Waals surface area contributed by atoms with E-state index >= 15 is 0 Å². The summed E-state index contributed by atoms with van der Waals surface area (Å²) in [6.07, 6.45) is 2.87. The van der Waals surface area contributed by atoms with E-state index in [4.69, 9.17) is 20.3 Å². The number of carboxylic acid groups (broad SMARTS) is 1. The summed E-state index contributed by atoms with van der Waals surface area (Å²) in [5.41, 5.74) is 6.06. The van der Waals surface area contributed by atoms with Crippen molar-refractivity contribution in [1.82, 2.24) is 0 Å². The Bertz CT molecular complexity index is 398. The zero-order valence-electron chi connectivity index (χ0n) is 10.0. The summed E-state index contributed by atoms with van der Waals surface area (Å²) in [5.74, 6) is -0.373.